The number of aryl methyl sites for hydroxylation is 2. The van der Waals surface area contributed by atoms with Crippen molar-refractivity contribution in [1.29, 1.82) is 0 Å². The second kappa shape index (κ2) is 8.37. The fourth-order valence-corrected chi connectivity index (χ4v) is 4.52. The summed E-state index contributed by atoms with van der Waals surface area (Å²) < 4.78 is 50.6. The van der Waals surface area contributed by atoms with Crippen molar-refractivity contribution >= 4 is 11.2 Å². The number of hydrogen-bond donors (Lipinski definition) is 0. The van der Waals surface area contributed by atoms with Crippen LogP contribution in [0.5, 0.6) is 0 Å². The maximum atomic E-state index is 14.8. The van der Waals surface area contributed by atoms with Gasteiger partial charge in [-0.15, -0.1) is 0 Å². The standard InChI is InChI=1S/C25H23F3N6O/c1-12-13(2)31-25-23(30-12)22(17-8-19(27)20(28)9-18(17)26)32-24(33-25)14-5-6-35-21(7-14)15-10-29-34(11-15)16-3-4-16/h8-11,14,16,21H,3-7H2,1-2H3/t14-,21-/m0/s1. The quantitative estimate of drug-likeness (QED) is 0.370. The number of halogens is 3. The lowest BCUT2D eigenvalue weighted by Gasteiger charge is -2.28. The highest BCUT2D eigenvalue weighted by atomic mass is 19.2. The first-order valence-electron chi connectivity index (χ1n) is 11.7. The fourth-order valence-electron chi connectivity index (χ4n) is 4.52. The minimum Gasteiger partial charge on any atom is -0.373 e. The third-order valence-electron chi connectivity index (χ3n) is 6.79. The van der Waals surface area contributed by atoms with Crippen molar-refractivity contribution in [2.24, 2.45) is 0 Å². The summed E-state index contributed by atoms with van der Waals surface area (Å²) in [5, 5.41) is 4.47. The van der Waals surface area contributed by atoms with Gasteiger partial charge in [-0.2, -0.15) is 5.10 Å². The number of benzene rings is 1. The van der Waals surface area contributed by atoms with Crippen LogP contribution in [0.1, 0.15) is 66.5 Å². The average Bonchev–Trinajstić information content (AvgIpc) is 3.58. The Hall–Kier alpha value is -3.40. The Balaban J connectivity index is 1.43. The molecule has 1 aliphatic carbocycles. The van der Waals surface area contributed by atoms with Crippen LogP contribution in [-0.2, 0) is 4.74 Å². The van der Waals surface area contributed by atoms with Crippen molar-refractivity contribution in [3.8, 4) is 11.3 Å². The van der Waals surface area contributed by atoms with Crippen molar-refractivity contribution in [2.45, 2.75) is 57.6 Å². The minimum atomic E-state index is -1.26. The Morgan fingerprint density at radius 1 is 0.914 bits per heavy atom. The molecule has 6 rings (SSSR count). The fraction of sp³-hybridized carbons (Fsp3) is 0.400. The summed E-state index contributed by atoms with van der Waals surface area (Å²) in [4.78, 5) is 18.4. The number of rotatable bonds is 4. The summed E-state index contributed by atoms with van der Waals surface area (Å²) in [7, 11) is 0. The minimum absolute atomic E-state index is 0.0987. The predicted molar refractivity (Wildman–Crippen MR) is 121 cm³/mol. The first kappa shape index (κ1) is 22.1. The van der Waals surface area contributed by atoms with E-state index in [1.807, 2.05) is 24.0 Å². The molecule has 4 heterocycles. The zero-order valence-corrected chi connectivity index (χ0v) is 19.3. The molecule has 0 spiro atoms. The molecule has 10 heteroatoms. The number of hydrogen-bond acceptors (Lipinski definition) is 6. The third-order valence-corrected chi connectivity index (χ3v) is 6.79. The molecule has 35 heavy (non-hydrogen) atoms. The van der Waals surface area contributed by atoms with Gasteiger partial charge in [0.05, 0.1) is 29.7 Å². The van der Waals surface area contributed by atoms with Crippen LogP contribution in [0, 0.1) is 31.3 Å². The molecule has 1 aliphatic heterocycles. The lowest BCUT2D eigenvalue weighted by Crippen LogP contribution is -2.20. The van der Waals surface area contributed by atoms with E-state index in [4.69, 9.17) is 4.74 Å². The van der Waals surface area contributed by atoms with E-state index in [2.05, 4.69) is 25.0 Å². The first-order chi connectivity index (χ1) is 16.9. The largest absolute Gasteiger partial charge is 0.373 e. The van der Waals surface area contributed by atoms with Gasteiger partial charge in [-0.05, 0) is 45.6 Å². The second-order valence-electron chi connectivity index (χ2n) is 9.31. The smallest absolute Gasteiger partial charge is 0.182 e. The molecule has 4 aromatic rings. The van der Waals surface area contributed by atoms with E-state index in [0.29, 0.717) is 54.4 Å². The summed E-state index contributed by atoms with van der Waals surface area (Å²) in [6.45, 7) is 4.08. The van der Waals surface area contributed by atoms with Gasteiger partial charge >= 0.3 is 0 Å². The normalized spacial score (nSPS) is 20.5. The number of nitrogens with zero attached hydrogens (tertiary/aromatic N) is 6. The van der Waals surface area contributed by atoms with Crippen molar-refractivity contribution in [3.05, 3.63) is 64.8 Å². The maximum Gasteiger partial charge on any atom is 0.182 e. The summed E-state index contributed by atoms with van der Waals surface area (Å²) in [6, 6.07) is 1.81. The van der Waals surface area contributed by atoms with Gasteiger partial charge in [0.1, 0.15) is 22.9 Å². The van der Waals surface area contributed by atoms with Crippen molar-refractivity contribution in [2.75, 3.05) is 6.61 Å². The molecule has 0 N–H and O–H groups in total. The molecule has 2 fully saturated rings. The molecule has 1 aromatic carbocycles. The van der Waals surface area contributed by atoms with Crippen LogP contribution < -0.4 is 0 Å². The van der Waals surface area contributed by atoms with Crippen LogP contribution in [0.3, 0.4) is 0 Å². The highest BCUT2D eigenvalue weighted by molar-refractivity contribution is 5.87. The molecular weight excluding hydrogens is 457 g/mol. The van der Waals surface area contributed by atoms with Crippen LogP contribution in [0.2, 0.25) is 0 Å². The molecule has 0 amide bonds. The lowest BCUT2D eigenvalue weighted by atomic mass is 9.92. The Labute approximate surface area is 199 Å². The zero-order chi connectivity index (χ0) is 24.3. The van der Waals surface area contributed by atoms with Crippen molar-refractivity contribution in [1.82, 2.24) is 29.7 Å². The van der Waals surface area contributed by atoms with E-state index in [-0.39, 0.29) is 28.8 Å². The Kier molecular flexibility index (Phi) is 5.28. The van der Waals surface area contributed by atoms with Gasteiger partial charge in [0, 0.05) is 35.9 Å². The van der Waals surface area contributed by atoms with Gasteiger partial charge in [-0.25, -0.2) is 33.1 Å². The summed E-state index contributed by atoms with van der Waals surface area (Å²) in [5.41, 5.74) is 2.76. The predicted octanol–water partition coefficient (Wildman–Crippen LogP) is 5.29. The molecule has 0 radical (unpaired) electrons. The molecule has 7 nitrogen and oxygen atoms in total. The Morgan fingerprint density at radius 2 is 1.69 bits per heavy atom. The van der Waals surface area contributed by atoms with E-state index in [1.165, 1.54) is 0 Å². The molecule has 1 saturated heterocycles. The van der Waals surface area contributed by atoms with Gasteiger partial charge in [-0.3, -0.25) is 4.68 Å². The molecular formula is C25H23F3N6O. The molecule has 1 saturated carbocycles. The molecule has 2 atom stereocenters. The average molecular weight is 480 g/mol. The van der Waals surface area contributed by atoms with E-state index in [0.717, 1.165) is 24.5 Å². The topological polar surface area (TPSA) is 78.6 Å². The SMILES string of the molecule is Cc1nc2nc([C@H]3CCO[C@H](c4cnn(C5CC5)c4)C3)nc(-c3cc(F)c(F)cc3F)c2nc1C. The third kappa shape index (κ3) is 4.05. The molecule has 0 bridgehead atoms. The molecule has 0 unspecified atom stereocenters. The monoisotopic (exact) mass is 480 g/mol. The highest BCUT2D eigenvalue weighted by Gasteiger charge is 2.31. The van der Waals surface area contributed by atoms with Gasteiger partial charge < -0.3 is 4.74 Å². The number of ether oxygens (including phenoxy) is 1. The zero-order valence-electron chi connectivity index (χ0n) is 19.3. The van der Waals surface area contributed by atoms with E-state index < -0.39 is 17.5 Å². The lowest BCUT2D eigenvalue weighted by molar-refractivity contribution is 0.00396. The first-order valence-corrected chi connectivity index (χ1v) is 11.7. The summed E-state index contributed by atoms with van der Waals surface area (Å²) in [5.74, 6) is -2.99. The van der Waals surface area contributed by atoms with Gasteiger partial charge in [0.25, 0.3) is 0 Å². The number of aromatic nitrogens is 6. The number of fused-ring (bicyclic) bond motifs is 1. The van der Waals surface area contributed by atoms with Crippen molar-refractivity contribution < 1.29 is 17.9 Å². The van der Waals surface area contributed by atoms with Gasteiger partial charge in [0.2, 0.25) is 0 Å². The summed E-state index contributed by atoms with van der Waals surface area (Å²) >= 11 is 0. The van der Waals surface area contributed by atoms with E-state index in [1.54, 1.807) is 6.92 Å². The molecule has 3 aromatic heterocycles. The van der Waals surface area contributed by atoms with Crippen molar-refractivity contribution in [3.63, 3.8) is 0 Å². The Morgan fingerprint density at radius 3 is 2.49 bits per heavy atom. The van der Waals surface area contributed by atoms with E-state index >= 15 is 0 Å². The summed E-state index contributed by atoms with van der Waals surface area (Å²) in [6.07, 6.45) is 7.26. The van der Waals surface area contributed by atoms with Crippen LogP contribution in [0.15, 0.2) is 24.5 Å². The molecule has 2 aliphatic rings. The maximum absolute atomic E-state index is 14.8. The van der Waals surface area contributed by atoms with Gasteiger partial charge in [-0.1, -0.05) is 0 Å². The van der Waals surface area contributed by atoms with Crippen LogP contribution in [0.4, 0.5) is 13.2 Å². The van der Waals surface area contributed by atoms with E-state index in [9.17, 15) is 13.2 Å². The van der Waals surface area contributed by atoms with Gasteiger partial charge in [0.15, 0.2) is 17.3 Å². The Bertz CT molecular complexity index is 1450. The van der Waals surface area contributed by atoms with Crippen LogP contribution in [-0.4, -0.2) is 36.3 Å². The van der Waals surface area contributed by atoms with Crippen LogP contribution >= 0.6 is 0 Å². The highest BCUT2D eigenvalue weighted by Crippen LogP contribution is 2.40. The van der Waals surface area contributed by atoms with Crippen LogP contribution in [0.25, 0.3) is 22.4 Å². The molecule has 180 valence electrons. The second-order valence-corrected chi connectivity index (χ2v) is 9.31.